The number of carbonyl (C=O) groups is 1. The van der Waals surface area contributed by atoms with E-state index >= 15 is 0 Å². The number of rotatable bonds is 7. The Labute approximate surface area is 123 Å². The van der Waals surface area contributed by atoms with Crippen molar-refractivity contribution in [2.45, 2.75) is 12.5 Å². The first-order valence-electron chi connectivity index (χ1n) is 5.79. The third kappa shape index (κ3) is 4.53. The van der Waals surface area contributed by atoms with Crippen LogP contribution in [0.3, 0.4) is 0 Å². The van der Waals surface area contributed by atoms with Crippen molar-refractivity contribution >= 4 is 27.5 Å². The van der Waals surface area contributed by atoms with Crippen LogP contribution in [0.4, 0.5) is 10.1 Å². The van der Waals surface area contributed by atoms with Gasteiger partial charge in [-0.05, 0) is 12.5 Å². The van der Waals surface area contributed by atoms with Gasteiger partial charge in [-0.25, -0.2) is 4.39 Å². The highest BCUT2D eigenvalue weighted by molar-refractivity contribution is 9.09. The summed E-state index contributed by atoms with van der Waals surface area (Å²) >= 11 is 3.25. The lowest BCUT2D eigenvalue weighted by atomic mass is 10.1. The molecule has 0 aliphatic carbocycles. The number of nitrogens with zero attached hydrogens (tertiary/aromatic N) is 1. The van der Waals surface area contributed by atoms with Crippen molar-refractivity contribution in [2.24, 2.45) is 0 Å². The average Bonchev–Trinajstić information content (AvgIpc) is 2.38. The summed E-state index contributed by atoms with van der Waals surface area (Å²) in [4.78, 5) is 21.7. The minimum atomic E-state index is -0.924. The molecule has 20 heavy (non-hydrogen) atoms. The summed E-state index contributed by atoms with van der Waals surface area (Å²) in [7, 11) is 1.50. The highest BCUT2D eigenvalue weighted by Crippen LogP contribution is 2.16. The van der Waals surface area contributed by atoms with Gasteiger partial charge in [0, 0.05) is 18.5 Å². The second kappa shape index (κ2) is 7.91. The monoisotopic (exact) mass is 348 g/mol. The Morgan fingerprint density at radius 2 is 2.30 bits per heavy atom. The molecule has 110 valence electrons. The van der Waals surface area contributed by atoms with Crippen LogP contribution in [-0.2, 0) is 4.74 Å². The summed E-state index contributed by atoms with van der Waals surface area (Å²) in [6, 6.07) is 2.65. The van der Waals surface area contributed by atoms with Gasteiger partial charge in [0.1, 0.15) is 5.82 Å². The van der Waals surface area contributed by atoms with Gasteiger partial charge < -0.3 is 10.1 Å². The van der Waals surface area contributed by atoms with Gasteiger partial charge in [0.15, 0.2) is 0 Å². The molecule has 1 rings (SSSR count). The molecule has 0 bridgehead atoms. The van der Waals surface area contributed by atoms with Crippen molar-refractivity contribution in [3.05, 3.63) is 39.7 Å². The van der Waals surface area contributed by atoms with Crippen LogP contribution in [0.15, 0.2) is 18.2 Å². The van der Waals surface area contributed by atoms with E-state index in [1.807, 2.05) is 0 Å². The minimum Gasteiger partial charge on any atom is -0.383 e. The summed E-state index contributed by atoms with van der Waals surface area (Å²) in [5, 5.41) is 13.8. The van der Waals surface area contributed by atoms with Crippen molar-refractivity contribution in [1.82, 2.24) is 5.32 Å². The lowest BCUT2D eigenvalue weighted by Crippen LogP contribution is -2.38. The van der Waals surface area contributed by atoms with E-state index in [4.69, 9.17) is 4.74 Å². The largest absolute Gasteiger partial charge is 0.383 e. The third-order valence-corrected chi connectivity index (χ3v) is 3.03. The van der Waals surface area contributed by atoms with Gasteiger partial charge in [-0.3, -0.25) is 14.9 Å². The standard InChI is InChI=1S/C12H14BrFN2O4/c1-20-7-8(4-5-13)15-12(17)10-3-2-9(16(18)19)6-11(10)14/h2-3,6,8H,4-5,7H2,1H3,(H,15,17). The molecular weight excluding hydrogens is 335 g/mol. The van der Waals surface area contributed by atoms with E-state index in [0.29, 0.717) is 18.4 Å². The van der Waals surface area contributed by atoms with Crippen LogP contribution in [0.2, 0.25) is 0 Å². The zero-order valence-electron chi connectivity index (χ0n) is 10.8. The van der Waals surface area contributed by atoms with Crippen molar-refractivity contribution < 1.29 is 18.8 Å². The molecule has 6 nitrogen and oxygen atoms in total. The number of amides is 1. The Hall–Kier alpha value is -1.54. The number of nitro groups is 1. The van der Waals surface area contributed by atoms with Crippen LogP contribution in [0.25, 0.3) is 0 Å². The summed E-state index contributed by atoms with van der Waals surface area (Å²) in [6.45, 7) is 0.298. The van der Waals surface area contributed by atoms with Gasteiger partial charge in [-0.15, -0.1) is 0 Å². The normalized spacial score (nSPS) is 11.9. The SMILES string of the molecule is COCC(CCBr)NC(=O)c1ccc([N+](=O)[O-])cc1F. The predicted octanol–water partition coefficient (Wildman–Crippen LogP) is 2.26. The fourth-order valence-electron chi connectivity index (χ4n) is 1.59. The first kappa shape index (κ1) is 16.5. The van der Waals surface area contributed by atoms with Gasteiger partial charge >= 0.3 is 0 Å². The van der Waals surface area contributed by atoms with E-state index in [-0.39, 0.29) is 11.6 Å². The number of hydrogen-bond acceptors (Lipinski definition) is 4. The van der Waals surface area contributed by atoms with Crippen molar-refractivity contribution in [3.8, 4) is 0 Å². The summed E-state index contributed by atoms with van der Waals surface area (Å²) in [6.07, 6.45) is 0.619. The van der Waals surface area contributed by atoms with Gasteiger partial charge in [0.05, 0.1) is 29.2 Å². The molecule has 0 saturated carbocycles. The molecule has 1 aromatic carbocycles. The number of non-ortho nitro benzene ring substituents is 1. The van der Waals surface area contributed by atoms with Crippen LogP contribution in [0.1, 0.15) is 16.8 Å². The third-order valence-electron chi connectivity index (χ3n) is 2.57. The maximum absolute atomic E-state index is 13.7. The van der Waals surface area contributed by atoms with E-state index in [2.05, 4.69) is 21.2 Å². The average molecular weight is 349 g/mol. The topological polar surface area (TPSA) is 81.5 Å². The molecule has 0 aliphatic rings. The molecule has 1 amide bonds. The number of nitrogens with one attached hydrogen (secondary N) is 1. The van der Waals surface area contributed by atoms with Gasteiger partial charge in [0.25, 0.3) is 11.6 Å². The number of halogens is 2. The molecule has 8 heteroatoms. The lowest BCUT2D eigenvalue weighted by Gasteiger charge is -2.16. The van der Waals surface area contributed by atoms with Crippen molar-refractivity contribution in [2.75, 3.05) is 19.0 Å². The summed E-state index contributed by atoms with van der Waals surface area (Å²) < 4.78 is 18.6. The van der Waals surface area contributed by atoms with E-state index in [0.717, 1.165) is 18.2 Å². The van der Waals surface area contributed by atoms with Crippen molar-refractivity contribution in [1.29, 1.82) is 0 Å². The Balaban J connectivity index is 2.83. The molecule has 0 aromatic heterocycles. The molecule has 1 aromatic rings. The number of alkyl halides is 1. The fraction of sp³-hybridized carbons (Fsp3) is 0.417. The number of methoxy groups -OCH3 is 1. The lowest BCUT2D eigenvalue weighted by molar-refractivity contribution is -0.385. The molecule has 1 N–H and O–H groups in total. The Kier molecular flexibility index (Phi) is 6.53. The second-order valence-corrected chi connectivity index (χ2v) is 4.82. The van der Waals surface area contributed by atoms with Crippen LogP contribution in [-0.4, -0.2) is 35.9 Å². The van der Waals surface area contributed by atoms with Gasteiger partial charge in [-0.1, -0.05) is 15.9 Å². The number of nitro benzene ring substituents is 1. The molecule has 0 fully saturated rings. The van der Waals surface area contributed by atoms with Crippen LogP contribution >= 0.6 is 15.9 Å². The minimum absolute atomic E-state index is 0.230. The quantitative estimate of drug-likeness (QED) is 0.465. The van der Waals surface area contributed by atoms with E-state index in [9.17, 15) is 19.3 Å². The van der Waals surface area contributed by atoms with E-state index in [1.54, 1.807) is 0 Å². The Morgan fingerprint density at radius 1 is 1.60 bits per heavy atom. The van der Waals surface area contributed by atoms with Crippen LogP contribution in [0.5, 0.6) is 0 Å². The van der Waals surface area contributed by atoms with Crippen LogP contribution < -0.4 is 5.32 Å². The summed E-state index contributed by atoms with van der Waals surface area (Å²) in [5.74, 6) is -1.55. The molecular formula is C12H14BrFN2O4. The Morgan fingerprint density at radius 3 is 2.80 bits per heavy atom. The number of benzene rings is 1. The van der Waals surface area contributed by atoms with Gasteiger partial charge in [-0.2, -0.15) is 0 Å². The zero-order valence-corrected chi connectivity index (χ0v) is 12.4. The fourth-order valence-corrected chi connectivity index (χ4v) is 2.15. The molecule has 1 unspecified atom stereocenters. The summed E-state index contributed by atoms with van der Waals surface area (Å²) in [5.41, 5.74) is -0.626. The van der Waals surface area contributed by atoms with E-state index in [1.165, 1.54) is 7.11 Å². The molecule has 1 atom stereocenters. The first-order valence-corrected chi connectivity index (χ1v) is 6.91. The first-order chi connectivity index (χ1) is 9.49. The maximum atomic E-state index is 13.7. The predicted molar refractivity (Wildman–Crippen MR) is 74.6 cm³/mol. The zero-order chi connectivity index (χ0) is 15.1. The molecule has 0 heterocycles. The molecule has 0 radical (unpaired) electrons. The van der Waals surface area contributed by atoms with Crippen LogP contribution in [0, 0.1) is 15.9 Å². The second-order valence-electron chi connectivity index (χ2n) is 4.02. The molecule has 0 spiro atoms. The highest BCUT2D eigenvalue weighted by atomic mass is 79.9. The maximum Gasteiger partial charge on any atom is 0.272 e. The number of hydrogen-bond donors (Lipinski definition) is 1. The van der Waals surface area contributed by atoms with Crippen molar-refractivity contribution in [3.63, 3.8) is 0 Å². The highest BCUT2D eigenvalue weighted by Gasteiger charge is 2.18. The number of carbonyl (C=O) groups excluding carboxylic acids is 1. The smallest absolute Gasteiger partial charge is 0.272 e. The van der Waals surface area contributed by atoms with Gasteiger partial charge in [0.2, 0.25) is 0 Å². The van der Waals surface area contributed by atoms with E-state index < -0.39 is 22.3 Å². The Bertz CT molecular complexity index is 492. The molecule has 0 aliphatic heterocycles. The number of ether oxygens (including phenoxy) is 1. The molecule has 0 saturated heterocycles.